The number of nitrogens with zero attached hydrogens (tertiary/aromatic N) is 4. The molecule has 1 aromatic heterocycles. The van der Waals surface area contributed by atoms with Crippen LogP contribution in [0.15, 0.2) is 53.7 Å². The molecule has 1 aliphatic heterocycles. The first-order valence-electron chi connectivity index (χ1n) is 9.40. The number of thioether (sulfide) groups is 1. The Labute approximate surface area is 174 Å². The van der Waals surface area contributed by atoms with Crippen molar-refractivity contribution in [1.82, 2.24) is 9.88 Å². The summed E-state index contributed by atoms with van der Waals surface area (Å²) in [7, 11) is 3.38. The van der Waals surface area contributed by atoms with E-state index in [1.54, 1.807) is 38.1 Å². The molecule has 6 nitrogen and oxygen atoms in total. The van der Waals surface area contributed by atoms with E-state index in [-0.39, 0.29) is 5.54 Å². The van der Waals surface area contributed by atoms with E-state index in [4.69, 9.17) is 5.73 Å². The lowest BCUT2D eigenvalue weighted by Gasteiger charge is -2.27. The van der Waals surface area contributed by atoms with Crippen LogP contribution in [0.3, 0.4) is 0 Å². The largest absolute Gasteiger partial charge is 0.390 e. The van der Waals surface area contributed by atoms with Crippen LogP contribution in [0.1, 0.15) is 20.8 Å². The van der Waals surface area contributed by atoms with Crippen LogP contribution < -0.4 is 10.6 Å². The minimum absolute atomic E-state index is 0.152. The molecule has 1 aliphatic rings. The van der Waals surface area contributed by atoms with Crippen LogP contribution in [0.25, 0.3) is 0 Å². The number of aliphatic imine (C=N–C) groups is 1. The van der Waals surface area contributed by atoms with E-state index in [1.807, 2.05) is 32.2 Å². The van der Waals surface area contributed by atoms with Gasteiger partial charge in [0.25, 0.3) is 0 Å². The molecule has 1 aromatic rings. The van der Waals surface area contributed by atoms with Crippen molar-refractivity contribution < 1.29 is 4.79 Å². The smallest absolute Gasteiger partial charge is 0.209 e. The van der Waals surface area contributed by atoms with Gasteiger partial charge in [0.2, 0.25) is 6.41 Å². The predicted molar refractivity (Wildman–Crippen MR) is 124 cm³/mol. The number of allylic oxidation sites excluding steroid dienone is 2. The van der Waals surface area contributed by atoms with E-state index >= 15 is 0 Å². The van der Waals surface area contributed by atoms with Gasteiger partial charge in [0, 0.05) is 45.1 Å². The summed E-state index contributed by atoms with van der Waals surface area (Å²) in [6, 6.07) is 4.06. The third kappa shape index (κ3) is 8.61. The van der Waals surface area contributed by atoms with Crippen molar-refractivity contribution in [2.45, 2.75) is 26.3 Å². The molecule has 0 spiro atoms. The van der Waals surface area contributed by atoms with Gasteiger partial charge in [-0.25, -0.2) is 0 Å². The van der Waals surface area contributed by atoms with Crippen molar-refractivity contribution in [1.29, 1.82) is 0 Å². The molecular formula is C21H35N5OS. The number of nitrogens with two attached hydrogens (primary N) is 1. The maximum Gasteiger partial charge on any atom is 0.209 e. The third-order valence-corrected chi connectivity index (χ3v) is 5.09. The summed E-state index contributed by atoms with van der Waals surface area (Å²) in [6.45, 7) is 11.8. The van der Waals surface area contributed by atoms with Gasteiger partial charge in [-0.3, -0.25) is 14.8 Å². The Morgan fingerprint density at radius 2 is 2.18 bits per heavy atom. The second-order valence-corrected chi connectivity index (χ2v) is 7.21. The number of amides is 1. The van der Waals surface area contributed by atoms with Crippen LogP contribution >= 0.6 is 11.8 Å². The summed E-state index contributed by atoms with van der Waals surface area (Å²) in [5.41, 5.74) is 6.60. The highest BCUT2D eigenvalue weighted by atomic mass is 32.2. The van der Waals surface area contributed by atoms with E-state index in [0.717, 1.165) is 30.9 Å². The number of pyridine rings is 1. The van der Waals surface area contributed by atoms with Gasteiger partial charge in [-0.1, -0.05) is 39.5 Å². The highest BCUT2D eigenvalue weighted by Crippen LogP contribution is 2.36. The summed E-state index contributed by atoms with van der Waals surface area (Å²) in [5.74, 6) is 1.34. The molecule has 0 aliphatic carbocycles. The van der Waals surface area contributed by atoms with Gasteiger partial charge in [0.1, 0.15) is 0 Å². The first kappa shape index (κ1) is 25.7. The number of rotatable bonds is 7. The minimum Gasteiger partial charge on any atom is -0.390 e. The Balaban J connectivity index is 0.000000906. The van der Waals surface area contributed by atoms with Crippen molar-refractivity contribution >= 4 is 30.2 Å². The molecule has 2 atom stereocenters. The maximum atomic E-state index is 9.43. The molecule has 0 radical (unpaired) electrons. The lowest BCUT2D eigenvalue weighted by molar-refractivity contribution is -0.115. The van der Waals surface area contributed by atoms with Gasteiger partial charge in [-0.05, 0) is 17.5 Å². The zero-order valence-electron chi connectivity index (χ0n) is 17.8. The number of carbonyl (C=O) groups excluding carboxylic acids is 1. The fourth-order valence-corrected chi connectivity index (χ4v) is 3.69. The number of hydrogen-bond donors (Lipinski definition) is 1. The van der Waals surface area contributed by atoms with Crippen LogP contribution in [-0.2, 0) is 4.79 Å². The first-order chi connectivity index (χ1) is 13.5. The van der Waals surface area contributed by atoms with Crippen LogP contribution in [0.4, 0.5) is 5.69 Å². The Morgan fingerprint density at radius 3 is 2.68 bits per heavy atom. The molecule has 0 aromatic carbocycles. The molecule has 2 unspecified atom stereocenters. The van der Waals surface area contributed by atoms with Gasteiger partial charge >= 0.3 is 0 Å². The quantitative estimate of drug-likeness (QED) is 0.326. The van der Waals surface area contributed by atoms with Crippen LogP contribution in [-0.4, -0.2) is 61.1 Å². The van der Waals surface area contributed by atoms with E-state index in [9.17, 15) is 4.79 Å². The second-order valence-electron chi connectivity index (χ2n) is 6.32. The summed E-state index contributed by atoms with van der Waals surface area (Å²) < 4.78 is 0. The van der Waals surface area contributed by atoms with Crippen molar-refractivity contribution in [3.8, 4) is 0 Å². The van der Waals surface area contributed by atoms with Gasteiger partial charge in [-0.2, -0.15) is 0 Å². The SMILES string of the molecule is C=C/C=C\SCC1(N=CN)CN(c2cccnc2)CC1C.CC.CN(C)C=O. The fourth-order valence-electron chi connectivity index (χ4n) is 2.63. The van der Waals surface area contributed by atoms with Crippen molar-refractivity contribution in [3.63, 3.8) is 0 Å². The van der Waals surface area contributed by atoms with Crippen molar-refractivity contribution in [2.75, 3.05) is 37.8 Å². The number of aromatic nitrogens is 1. The Kier molecular flexibility index (Phi) is 13.5. The highest BCUT2D eigenvalue weighted by molar-refractivity contribution is 8.02. The topological polar surface area (TPSA) is 74.8 Å². The molecule has 2 rings (SSSR count). The third-order valence-electron chi connectivity index (χ3n) is 4.07. The minimum atomic E-state index is -0.152. The average Bonchev–Trinajstić information content (AvgIpc) is 3.05. The molecule has 2 N–H and O–H groups in total. The summed E-state index contributed by atoms with van der Waals surface area (Å²) in [6.07, 6.45) is 9.62. The lowest BCUT2D eigenvalue weighted by atomic mass is 9.91. The zero-order valence-corrected chi connectivity index (χ0v) is 18.6. The van der Waals surface area contributed by atoms with Crippen molar-refractivity contribution in [2.24, 2.45) is 16.6 Å². The molecule has 1 amide bonds. The molecule has 28 heavy (non-hydrogen) atoms. The van der Waals surface area contributed by atoms with Crippen LogP contribution in [0.5, 0.6) is 0 Å². The first-order valence-corrected chi connectivity index (χ1v) is 10.4. The van der Waals surface area contributed by atoms with Gasteiger partial charge in [-0.15, -0.1) is 11.8 Å². The van der Waals surface area contributed by atoms with Crippen LogP contribution in [0, 0.1) is 5.92 Å². The summed E-state index contributed by atoms with van der Waals surface area (Å²) >= 11 is 1.75. The van der Waals surface area contributed by atoms with E-state index in [2.05, 4.69) is 39.9 Å². The number of carbonyl (C=O) groups is 1. The number of anilines is 1. The monoisotopic (exact) mass is 405 g/mol. The summed E-state index contributed by atoms with van der Waals surface area (Å²) in [5, 5.41) is 2.06. The lowest BCUT2D eigenvalue weighted by Crippen LogP contribution is -2.38. The predicted octanol–water partition coefficient (Wildman–Crippen LogP) is 3.43. The standard InChI is InChI=1S/C16H22N4S.C3H7NO.C2H6/c1-3-4-8-21-12-16(19-13-17)11-20(10-14(16)2)15-6-5-7-18-9-15;1-4(2)3-5;1-2/h3-9,13-14H,1,10-12H2,2H3,(H2,17,19);3H,1-2H3;1-2H3/b8-4-;;. The Bertz CT molecular complexity index is 606. The molecular weight excluding hydrogens is 370 g/mol. The Hall–Kier alpha value is -2.28. The molecule has 2 heterocycles. The van der Waals surface area contributed by atoms with E-state index < -0.39 is 0 Å². The molecule has 0 bridgehead atoms. The normalized spacial score (nSPS) is 20.9. The maximum absolute atomic E-state index is 9.43. The zero-order chi connectivity index (χ0) is 21.4. The molecule has 7 heteroatoms. The van der Waals surface area contributed by atoms with Gasteiger partial charge < -0.3 is 15.5 Å². The molecule has 0 saturated carbocycles. The summed E-state index contributed by atoms with van der Waals surface area (Å²) in [4.78, 5) is 22.0. The van der Waals surface area contributed by atoms with E-state index in [1.165, 1.54) is 11.2 Å². The Morgan fingerprint density at radius 1 is 1.50 bits per heavy atom. The van der Waals surface area contributed by atoms with Gasteiger partial charge in [0.05, 0.1) is 23.8 Å². The second kappa shape index (κ2) is 14.7. The molecule has 1 fully saturated rings. The van der Waals surface area contributed by atoms with Gasteiger partial charge in [0.15, 0.2) is 0 Å². The van der Waals surface area contributed by atoms with Crippen LogP contribution in [0.2, 0.25) is 0 Å². The van der Waals surface area contributed by atoms with E-state index in [0.29, 0.717) is 5.92 Å². The highest BCUT2D eigenvalue weighted by Gasteiger charge is 2.43. The average molecular weight is 406 g/mol. The number of hydrogen-bond acceptors (Lipinski definition) is 5. The van der Waals surface area contributed by atoms with Crippen molar-refractivity contribution in [3.05, 3.63) is 48.7 Å². The fraction of sp³-hybridized carbons (Fsp3) is 0.476. The molecule has 1 saturated heterocycles. The molecule has 156 valence electrons.